The molecule has 0 aliphatic rings. The van der Waals surface area contributed by atoms with E-state index in [9.17, 15) is 5.11 Å². The van der Waals surface area contributed by atoms with Crippen LogP contribution in [0, 0.1) is 0 Å². The maximum Gasteiger partial charge on any atom is 0.172 e. The van der Waals surface area contributed by atoms with Crippen molar-refractivity contribution in [2.75, 3.05) is 0 Å². The molecule has 0 saturated carbocycles. The lowest BCUT2D eigenvalue weighted by Crippen LogP contribution is -2.06. The second kappa shape index (κ2) is 4.71. The molecule has 16 heavy (non-hydrogen) atoms. The van der Waals surface area contributed by atoms with Gasteiger partial charge in [0.15, 0.2) is 11.4 Å². The number of alkyl halides is 1. The molecule has 2 heterocycles. The van der Waals surface area contributed by atoms with Crippen molar-refractivity contribution in [1.29, 1.82) is 0 Å². The number of hydrogen-bond acceptors (Lipinski definition) is 3. The Labute approximate surface area is 110 Å². The number of hydrogen-bond donors (Lipinski definition) is 1. The summed E-state index contributed by atoms with van der Waals surface area (Å²) >= 11 is 14.8. The van der Waals surface area contributed by atoms with E-state index < -0.39 is 5.56 Å². The van der Waals surface area contributed by atoms with Crippen LogP contribution in [0.5, 0.6) is 0 Å². The van der Waals surface area contributed by atoms with E-state index in [1.54, 1.807) is 24.4 Å². The Kier molecular flexibility index (Phi) is 3.49. The van der Waals surface area contributed by atoms with Crippen molar-refractivity contribution in [3.63, 3.8) is 0 Å². The average Bonchev–Trinajstić information content (AvgIpc) is 2.61. The van der Waals surface area contributed by atoms with Crippen LogP contribution >= 0.6 is 39.1 Å². The number of aromatic nitrogens is 3. The first kappa shape index (κ1) is 11.9. The van der Waals surface area contributed by atoms with Gasteiger partial charge in [-0.1, -0.05) is 23.2 Å². The van der Waals surface area contributed by atoms with Gasteiger partial charge < -0.3 is 5.11 Å². The predicted octanol–water partition coefficient (Wildman–Crippen LogP) is 2.91. The molecule has 4 nitrogen and oxygen atoms in total. The van der Waals surface area contributed by atoms with Crippen molar-refractivity contribution in [1.82, 2.24) is 14.8 Å². The number of pyridine rings is 1. The second-order valence-electron chi connectivity index (χ2n) is 2.95. The van der Waals surface area contributed by atoms with E-state index in [-0.39, 0.29) is 0 Å². The molecule has 84 valence electrons. The van der Waals surface area contributed by atoms with E-state index in [1.807, 2.05) is 0 Å². The van der Waals surface area contributed by atoms with Gasteiger partial charge in [0.05, 0.1) is 10.7 Å². The number of nitrogens with zero attached hydrogens (tertiary/aromatic N) is 3. The van der Waals surface area contributed by atoms with E-state index in [4.69, 9.17) is 23.2 Å². The van der Waals surface area contributed by atoms with Crippen molar-refractivity contribution in [2.45, 2.75) is 5.56 Å². The molecule has 0 fully saturated rings. The molecule has 2 aromatic heterocycles. The van der Waals surface area contributed by atoms with Crippen LogP contribution in [0.4, 0.5) is 0 Å². The average molecular weight is 323 g/mol. The number of halogens is 3. The highest BCUT2D eigenvalue weighted by atomic mass is 79.9. The van der Waals surface area contributed by atoms with E-state index in [2.05, 4.69) is 26.0 Å². The summed E-state index contributed by atoms with van der Waals surface area (Å²) in [5.74, 6) is 0.421. The minimum Gasteiger partial charge on any atom is -0.372 e. The Hall–Kier alpha value is -0.620. The van der Waals surface area contributed by atoms with Crippen LogP contribution in [0.2, 0.25) is 5.02 Å². The highest BCUT2D eigenvalue weighted by Crippen LogP contribution is 2.26. The van der Waals surface area contributed by atoms with E-state index in [0.29, 0.717) is 21.1 Å². The lowest BCUT2D eigenvalue weighted by Gasteiger charge is -2.08. The molecule has 0 spiro atoms. The molecule has 0 radical (unpaired) electrons. The lowest BCUT2D eigenvalue weighted by molar-refractivity contribution is 0.254. The molecule has 1 atom stereocenters. The van der Waals surface area contributed by atoms with Crippen molar-refractivity contribution >= 4 is 39.1 Å². The Balaban J connectivity index is 2.60. The van der Waals surface area contributed by atoms with E-state index >= 15 is 0 Å². The predicted molar refractivity (Wildman–Crippen MR) is 64.9 cm³/mol. The standard InChI is InChI=1S/C9H6BrCl2N3O/c10-7-4-6(8(12)16)15(14-7)9-5(11)2-1-3-13-9/h1-4,8,16H. The third-order valence-corrected chi connectivity index (χ3v) is 2.80. The molecule has 0 aromatic carbocycles. The zero-order chi connectivity index (χ0) is 11.7. The molecule has 0 bridgehead atoms. The largest absolute Gasteiger partial charge is 0.372 e. The zero-order valence-electron chi connectivity index (χ0n) is 7.81. The third kappa shape index (κ3) is 2.22. The third-order valence-electron chi connectivity index (χ3n) is 1.89. The smallest absolute Gasteiger partial charge is 0.172 e. The number of aliphatic hydroxyl groups excluding tert-OH is 1. The first-order chi connectivity index (χ1) is 7.59. The molecule has 2 aromatic rings. The summed E-state index contributed by atoms with van der Waals surface area (Å²) < 4.78 is 1.94. The minimum absolute atomic E-state index is 0.397. The topological polar surface area (TPSA) is 50.9 Å². The molecular weight excluding hydrogens is 317 g/mol. The van der Waals surface area contributed by atoms with Gasteiger partial charge in [0.2, 0.25) is 0 Å². The summed E-state index contributed by atoms with van der Waals surface area (Å²) in [6, 6.07) is 4.99. The summed E-state index contributed by atoms with van der Waals surface area (Å²) in [7, 11) is 0. The summed E-state index contributed by atoms with van der Waals surface area (Å²) in [6.45, 7) is 0. The molecule has 0 amide bonds. The van der Waals surface area contributed by atoms with Gasteiger partial charge in [0.1, 0.15) is 4.60 Å². The Morgan fingerprint density at radius 3 is 2.88 bits per heavy atom. The lowest BCUT2D eigenvalue weighted by atomic mass is 10.4. The van der Waals surface area contributed by atoms with Crippen molar-refractivity contribution in [3.8, 4) is 5.82 Å². The highest BCUT2D eigenvalue weighted by Gasteiger charge is 2.16. The zero-order valence-corrected chi connectivity index (χ0v) is 10.9. The van der Waals surface area contributed by atoms with Crippen molar-refractivity contribution < 1.29 is 5.11 Å². The van der Waals surface area contributed by atoms with Crippen LogP contribution in [0.25, 0.3) is 5.82 Å². The molecule has 0 saturated heterocycles. The van der Waals surface area contributed by atoms with E-state index in [0.717, 1.165) is 0 Å². The maximum atomic E-state index is 9.38. The quantitative estimate of drug-likeness (QED) is 0.865. The normalized spacial score (nSPS) is 12.8. The fourth-order valence-corrected chi connectivity index (χ4v) is 1.99. The fraction of sp³-hybridized carbons (Fsp3) is 0.111. The highest BCUT2D eigenvalue weighted by molar-refractivity contribution is 9.10. The van der Waals surface area contributed by atoms with E-state index in [1.165, 1.54) is 4.68 Å². The van der Waals surface area contributed by atoms with Gasteiger partial charge in [0.25, 0.3) is 0 Å². The minimum atomic E-state index is -1.17. The van der Waals surface area contributed by atoms with Crippen LogP contribution in [0.3, 0.4) is 0 Å². The SMILES string of the molecule is OC(Cl)c1cc(Br)nn1-c1ncccc1Cl. The maximum absolute atomic E-state index is 9.38. The first-order valence-corrected chi connectivity index (χ1v) is 5.89. The molecule has 1 N–H and O–H groups in total. The van der Waals surface area contributed by atoms with Gasteiger partial charge in [-0.15, -0.1) is 0 Å². The molecule has 7 heteroatoms. The van der Waals surface area contributed by atoms with Crippen LogP contribution in [0.15, 0.2) is 29.0 Å². The van der Waals surface area contributed by atoms with Gasteiger partial charge in [-0.3, -0.25) is 0 Å². The Morgan fingerprint density at radius 2 is 2.25 bits per heavy atom. The Morgan fingerprint density at radius 1 is 1.50 bits per heavy atom. The van der Waals surface area contributed by atoms with Crippen molar-refractivity contribution in [2.24, 2.45) is 0 Å². The second-order valence-corrected chi connectivity index (χ2v) is 4.58. The summed E-state index contributed by atoms with van der Waals surface area (Å²) in [5.41, 5.74) is -0.772. The molecule has 0 aliphatic carbocycles. The van der Waals surface area contributed by atoms with Crippen LogP contribution in [0.1, 0.15) is 11.3 Å². The molecule has 1 unspecified atom stereocenters. The fourth-order valence-electron chi connectivity index (χ4n) is 1.24. The van der Waals surface area contributed by atoms with Crippen LogP contribution in [-0.4, -0.2) is 19.9 Å². The summed E-state index contributed by atoms with van der Waals surface area (Å²) in [4.78, 5) is 4.08. The first-order valence-electron chi connectivity index (χ1n) is 4.28. The number of aliphatic hydroxyl groups is 1. The number of rotatable bonds is 2. The van der Waals surface area contributed by atoms with Gasteiger partial charge in [0, 0.05) is 6.20 Å². The van der Waals surface area contributed by atoms with Crippen LogP contribution < -0.4 is 0 Å². The Bertz CT molecular complexity index is 515. The van der Waals surface area contributed by atoms with Gasteiger partial charge in [-0.25, -0.2) is 9.67 Å². The van der Waals surface area contributed by atoms with Crippen molar-refractivity contribution in [3.05, 3.63) is 39.7 Å². The molecular formula is C9H6BrCl2N3O. The van der Waals surface area contributed by atoms with Crippen LogP contribution in [-0.2, 0) is 0 Å². The molecule has 0 aliphatic heterocycles. The van der Waals surface area contributed by atoms with Gasteiger partial charge in [-0.05, 0) is 34.1 Å². The summed E-state index contributed by atoms with van der Waals surface area (Å²) in [5, 5.41) is 13.9. The summed E-state index contributed by atoms with van der Waals surface area (Å²) in [6.07, 6.45) is 1.58. The van der Waals surface area contributed by atoms with Gasteiger partial charge in [-0.2, -0.15) is 5.10 Å². The van der Waals surface area contributed by atoms with Gasteiger partial charge >= 0.3 is 0 Å². The monoisotopic (exact) mass is 321 g/mol. The molecule has 2 rings (SSSR count).